The van der Waals surface area contributed by atoms with E-state index in [4.69, 9.17) is 4.37 Å². The molecule has 0 saturated carbocycles. The summed E-state index contributed by atoms with van der Waals surface area (Å²) in [6, 6.07) is 15.0. The normalized spacial score (nSPS) is 16.4. The summed E-state index contributed by atoms with van der Waals surface area (Å²) < 4.78 is 5.97. The second-order valence-corrected chi connectivity index (χ2v) is 8.43. The van der Waals surface area contributed by atoms with Crippen molar-refractivity contribution in [1.82, 2.24) is 9.27 Å². The molecule has 0 atom stereocenters. The predicted octanol–water partition coefficient (Wildman–Crippen LogP) is 3.14. The zero-order valence-corrected chi connectivity index (χ0v) is 18.4. The number of fused-ring (bicyclic) bond motifs is 2. The number of piperazine rings is 1. The Morgan fingerprint density at radius 3 is 2.67 bits per heavy atom. The van der Waals surface area contributed by atoms with Crippen molar-refractivity contribution in [2.24, 2.45) is 0 Å². The molecular formula is C22H27ClN4O2S. The van der Waals surface area contributed by atoms with Gasteiger partial charge in [0.2, 0.25) is 5.91 Å². The number of aromatic nitrogens is 1. The molecule has 0 bridgehead atoms. The zero-order chi connectivity index (χ0) is 18.9. The third-order valence-corrected chi connectivity index (χ3v) is 6.63. The first-order valence-corrected chi connectivity index (χ1v) is 10.8. The summed E-state index contributed by atoms with van der Waals surface area (Å²) in [6.45, 7) is 5.30. The maximum Gasteiger partial charge on any atom is 0.224 e. The lowest BCUT2D eigenvalue weighted by Gasteiger charge is -2.35. The lowest BCUT2D eigenvalue weighted by atomic mass is 9.99. The van der Waals surface area contributed by atoms with Crippen molar-refractivity contribution in [3.05, 3.63) is 53.6 Å². The SMILES string of the molecule is Cl.O.O=C1CCc2cc(CCN3CCN(c4nsc5ccccc45)CC3)ccc2N1. The van der Waals surface area contributed by atoms with Crippen LogP contribution in [0.2, 0.25) is 0 Å². The number of rotatable bonds is 4. The zero-order valence-electron chi connectivity index (χ0n) is 16.8. The fraction of sp³-hybridized carbons (Fsp3) is 0.364. The van der Waals surface area contributed by atoms with Crippen molar-refractivity contribution in [2.75, 3.05) is 42.9 Å². The van der Waals surface area contributed by atoms with E-state index < -0.39 is 0 Å². The molecule has 160 valence electrons. The molecule has 2 aliphatic heterocycles. The van der Waals surface area contributed by atoms with Gasteiger partial charge in [0.15, 0.2) is 0 Å². The smallest absolute Gasteiger partial charge is 0.224 e. The first-order valence-electron chi connectivity index (χ1n) is 10.00. The van der Waals surface area contributed by atoms with Crippen LogP contribution in [0.4, 0.5) is 11.5 Å². The maximum atomic E-state index is 11.5. The lowest BCUT2D eigenvalue weighted by Crippen LogP contribution is -2.47. The van der Waals surface area contributed by atoms with Crippen LogP contribution in [0.3, 0.4) is 0 Å². The quantitative estimate of drug-likeness (QED) is 0.667. The first kappa shape index (κ1) is 22.5. The van der Waals surface area contributed by atoms with Crippen LogP contribution >= 0.6 is 23.9 Å². The maximum absolute atomic E-state index is 11.5. The van der Waals surface area contributed by atoms with Crippen LogP contribution in [0, 0.1) is 0 Å². The van der Waals surface area contributed by atoms with E-state index in [1.807, 2.05) is 0 Å². The number of hydrogen-bond acceptors (Lipinski definition) is 5. The summed E-state index contributed by atoms with van der Waals surface area (Å²) in [5.41, 5.74) is 3.63. The molecule has 6 nitrogen and oxygen atoms in total. The Kier molecular flexibility index (Phi) is 7.31. The fourth-order valence-electron chi connectivity index (χ4n) is 4.16. The number of aryl methyl sites for hydroxylation is 1. The molecular weight excluding hydrogens is 420 g/mol. The van der Waals surface area contributed by atoms with E-state index in [9.17, 15) is 4.79 Å². The number of hydrogen-bond donors (Lipinski definition) is 1. The summed E-state index contributed by atoms with van der Waals surface area (Å²) in [5, 5.41) is 4.24. The van der Waals surface area contributed by atoms with Crippen LogP contribution in [-0.4, -0.2) is 53.4 Å². The monoisotopic (exact) mass is 446 g/mol. The number of nitrogens with one attached hydrogen (secondary N) is 1. The van der Waals surface area contributed by atoms with Crippen molar-refractivity contribution in [3.63, 3.8) is 0 Å². The number of carbonyl (C=O) groups excluding carboxylic acids is 1. The molecule has 3 N–H and O–H groups in total. The van der Waals surface area contributed by atoms with E-state index >= 15 is 0 Å². The van der Waals surface area contributed by atoms with Crippen LogP contribution in [-0.2, 0) is 17.6 Å². The molecule has 1 amide bonds. The highest BCUT2D eigenvalue weighted by molar-refractivity contribution is 7.13. The Bertz CT molecular complexity index is 1020. The average Bonchev–Trinajstić information content (AvgIpc) is 3.17. The summed E-state index contributed by atoms with van der Waals surface area (Å²) in [6.07, 6.45) is 2.51. The summed E-state index contributed by atoms with van der Waals surface area (Å²) >= 11 is 1.60. The number of amides is 1. The highest BCUT2D eigenvalue weighted by atomic mass is 35.5. The molecule has 1 saturated heterocycles. The Morgan fingerprint density at radius 1 is 1.03 bits per heavy atom. The van der Waals surface area contributed by atoms with E-state index in [2.05, 4.69) is 57.6 Å². The van der Waals surface area contributed by atoms with E-state index in [0.29, 0.717) is 6.42 Å². The summed E-state index contributed by atoms with van der Waals surface area (Å²) in [7, 11) is 0. The Morgan fingerprint density at radius 2 is 1.83 bits per heavy atom. The van der Waals surface area contributed by atoms with Crippen molar-refractivity contribution in [2.45, 2.75) is 19.3 Å². The van der Waals surface area contributed by atoms with E-state index in [0.717, 1.165) is 57.1 Å². The van der Waals surface area contributed by atoms with Gasteiger partial charge in [-0.05, 0) is 53.7 Å². The molecule has 2 aliphatic rings. The minimum Gasteiger partial charge on any atom is -0.412 e. The molecule has 3 aromatic rings. The Balaban J connectivity index is 0.00000128. The van der Waals surface area contributed by atoms with Crippen molar-refractivity contribution in [1.29, 1.82) is 0 Å². The topological polar surface area (TPSA) is 80.0 Å². The van der Waals surface area contributed by atoms with Crippen molar-refractivity contribution in [3.8, 4) is 0 Å². The molecule has 0 unspecified atom stereocenters. The Hall–Kier alpha value is -2.19. The lowest BCUT2D eigenvalue weighted by molar-refractivity contribution is -0.116. The van der Waals surface area contributed by atoms with Crippen molar-refractivity contribution < 1.29 is 10.3 Å². The molecule has 1 aromatic heterocycles. The van der Waals surface area contributed by atoms with Gasteiger partial charge >= 0.3 is 0 Å². The van der Waals surface area contributed by atoms with Gasteiger partial charge < -0.3 is 15.7 Å². The second-order valence-electron chi connectivity index (χ2n) is 7.62. The van der Waals surface area contributed by atoms with Gasteiger partial charge in [-0.3, -0.25) is 9.69 Å². The molecule has 30 heavy (non-hydrogen) atoms. The van der Waals surface area contributed by atoms with Gasteiger partial charge in [-0.25, -0.2) is 0 Å². The second kappa shape index (κ2) is 9.75. The van der Waals surface area contributed by atoms with Gasteiger partial charge in [-0.15, -0.1) is 12.4 Å². The third-order valence-electron chi connectivity index (χ3n) is 5.81. The number of nitrogens with zero attached hydrogens (tertiary/aromatic N) is 3. The van der Waals surface area contributed by atoms with Gasteiger partial charge in [0, 0.05) is 50.2 Å². The largest absolute Gasteiger partial charge is 0.412 e. The van der Waals surface area contributed by atoms with Crippen LogP contribution < -0.4 is 10.2 Å². The van der Waals surface area contributed by atoms with Crippen LogP contribution in [0.25, 0.3) is 10.1 Å². The van der Waals surface area contributed by atoms with Gasteiger partial charge in [-0.1, -0.05) is 24.3 Å². The molecule has 1 fully saturated rings. The van der Waals surface area contributed by atoms with Gasteiger partial charge in [0.25, 0.3) is 0 Å². The minimum atomic E-state index is 0. The molecule has 5 rings (SSSR count). The van der Waals surface area contributed by atoms with Gasteiger partial charge in [-0.2, -0.15) is 4.37 Å². The fourth-order valence-corrected chi connectivity index (χ4v) is 4.96. The summed E-state index contributed by atoms with van der Waals surface area (Å²) in [4.78, 5) is 16.5. The van der Waals surface area contributed by atoms with Crippen LogP contribution in [0.15, 0.2) is 42.5 Å². The number of anilines is 2. The van der Waals surface area contributed by atoms with E-state index in [-0.39, 0.29) is 23.8 Å². The Labute approximate surface area is 186 Å². The average molecular weight is 447 g/mol. The highest BCUT2D eigenvalue weighted by Crippen LogP contribution is 2.30. The molecule has 0 radical (unpaired) electrons. The molecule has 8 heteroatoms. The highest BCUT2D eigenvalue weighted by Gasteiger charge is 2.21. The van der Waals surface area contributed by atoms with E-state index in [1.165, 1.54) is 21.2 Å². The molecule has 0 aliphatic carbocycles. The third kappa shape index (κ3) is 4.59. The van der Waals surface area contributed by atoms with Gasteiger partial charge in [0.1, 0.15) is 5.82 Å². The predicted molar refractivity (Wildman–Crippen MR) is 126 cm³/mol. The minimum absolute atomic E-state index is 0. The summed E-state index contributed by atoms with van der Waals surface area (Å²) in [5.74, 6) is 1.28. The van der Waals surface area contributed by atoms with Gasteiger partial charge in [0.05, 0.1) is 4.70 Å². The first-order chi connectivity index (χ1) is 13.8. The van der Waals surface area contributed by atoms with Crippen LogP contribution in [0.1, 0.15) is 17.5 Å². The molecule has 0 spiro atoms. The standard InChI is InChI=1S/C22H24N4OS.ClH.H2O/c27-21-8-6-17-15-16(5-7-19(17)23-21)9-10-25-11-13-26(14-12-25)22-18-3-1-2-4-20(18)28-24-22;;/h1-5,7,15H,6,8-14H2,(H,23,27);1H;1H2. The van der Waals surface area contributed by atoms with Crippen molar-refractivity contribution >= 4 is 51.4 Å². The van der Waals surface area contributed by atoms with Crippen LogP contribution in [0.5, 0.6) is 0 Å². The molecule has 3 heterocycles. The molecule has 2 aromatic carbocycles. The number of carbonyl (C=O) groups is 1. The number of halogens is 1. The number of benzene rings is 2. The van der Waals surface area contributed by atoms with E-state index in [1.54, 1.807) is 11.5 Å².